The Labute approximate surface area is 126 Å². The van der Waals surface area contributed by atoms with E-state index in [0.717, 1.165) is 5.69 Å². The summed E-state index contributed by atoms with van der Waals surface area (Å²) >= 11 is 0. The lowest BCUT2D eigenvalue weighted by atomic mass is 10.0. The molecule has 2 heterocycles. The van der Waals surface area contributed by atoms with Crippen molar-refractivity contribution in [2.45, 2.75) is 5.92 Å². The topological polar surface area (TPSA) is 87.3 Å². The Morgan fingerprint density at radius 2 is 2.23 bits per heavy atom. The van der Waals surface area contributed by atoms with Gasteiger partial charge in [0.15, 0.2) is 0 Å². The van der Waals surface area contributed by atoms with E-state index in [-0.39, 0.29) is 17.3 Å². The van der Waals surface area contributed by atoms with Gasteiger partial charge in [0.05, 0.1) is 37.8 Å². The summed E-state index contributed by atoms with van der Waals surface area (Å²) in [6.07, 6.45) is 1.60. The summed E-state index contributed by atoms with van der Waals surface area (Å²) in [6.45, 7) is 1.18. The second-order valence-electron chi connectivity index (χ2n) is 4.95. The molecule has 2 N–H and O–H groups in total. The first-order chi connectivity index (χ1) is 10.6. The van der Waals surface area contributed by atoms with Crippen molar-refractivity contribution in [3.8, 4) is 11.3 Å². The number of halogens is 1. The van der Waals surface area contributed by atoms with Crippen LogP contribution in [0, 0.1) is 5.82 Å². The third-order valence-corrected chi connectivity index (χ3v) is 3.52. The first-order valence-corrected chi connectivity index (χ1v) is 6.68. The van der Waals surface area contributed by atoms with Gasteiger partial charge >= 0.3 is 5.97 Å². The normalized spacial score (nSPS) is 14.5. The van der Waals surface area contributed by atoms with Crippen LogP contribution in [0.5, 0.6) is 0 Å². The fraction of sp³-hybridized carbons (Fsp3) is 0.267. The molecule has 1 aromatic carbocycles. The van der Waals surface area contributed by atoms with Gasteiger partial charge in [-0.2, -0.15) is 0 Å². The molecule has 0 bridgehead atoms. The number of benzene rings is 1. The number of nitrogens with two attached hydrogens (primary N) is 1. The molecule has 1 aliphatic heterocycles. The maximum Gasteiger partial charge on any atom is 0.340 e. The summed E-state index contributed by atoms with van der Waals surface area (Å²) in [4.78, 5) is 20.0. The third-order valence-electron chi connectivity index (χ3n) is 3.52. The summed E-state index contributed by atoms with van der Waals surface area (Å²) in [5.74, 6) is -1.04. The monoisotopic (exact) mass is 303 g/mol. The van der Waals surface area contributed by atoms with Crippen LogP contribution in [-0.4, -0.2) is 36.3 Å². The first-order valence-electron chi connectivity index (χ1n) is 6.68. The number of carbonyl (C=O) groups excluding carboxylic acids is 1. The van der Waals surface area contributed by atoms with Crippen LogP contribution in [0.15, 0.2) is 24.4 Å². The summed E-state index contributed by atoms with van der Waals surface area (Å²) in [6, 6.07) is 4.11. The van der Waals surface area contributed by atoms with Crippen LogP contribution in [0.2, 0.25) is 0 Å². The van der Waals surface area contributed by atoms with Crippen molar-refractivity contribution in [1.82, 2.24) is 9.97 Å². The molecule has 22 heavy (non-hydrogen) atoms. The lowest BCUT2D eigenvalue weighted by Crippen LogP contribution is -2.26. The smallest absolute Gasteiger partial charge is 0.340 e. The lowest BCUT2D eigenvalue weighted by molar-refractivity contribution is 0.00662. The number of nitrogen functional groups attached to an aromatic ring is 1. The van der Waals surface area contributed by atoms with Crippen LogP contribution in [0.1, 0.15) is 22.0 Å². The zero-order valence-corrected chi connectivity index (χ0v) is 11.9. The van der Waals surface area contributed by atoms with Crippen LogP contribution in [0.4, 0.5) is 10.2 Å². The Kier molecular flexibility index (Phi) is 3.72. The third kappa shape index (κ3) is 2.50. The Morgan fingerprint density at radius 1 is 1.45 bits per heavy atom. The van der Waals surface area contributed by atoms with Gasteiger partial charge in [0.2, 0.25) is 0 Å². The minimum atomic E-state index is -0.733. The zero-order valence-electron chi connectivity index (χ0n) is 11.9. The van der Waals surface area contributed by atoms with Crippen LogP contribution in [0.25, 0.3) is 11.3 Å². The highest BCUT2D eigenvalue weighted by atomic mass is 19.1. The van der Waals surface area contributed by atoms with Crippen molar-refractivity contribution < 1.29 is 18.7 Å². The fourth-order valence-corrected chi connectivity index (χ4v) is 2.17. The average molecular weight is 303 g/mol. The van der Waals surface area contributed by atoms with Crippen molar-refractivity contribution in [2.24, 2.45) is 0 Å². The minimum Gasteiger partial charge on any atom is -0.465 e. The summed E-state index contributed by atoms with van der Waals surface area (Å²) in [5.41, 5.74) is 7.30. The number of aromatic nitrogens is 2. The number of anilines is 1. The van der Waals surface area contributed by atoms with Crippen molar-refractivity contribution in [1.29, 1.82) is 0 Å². The Morgan fingerprint density at radius 3 is 2.82 bits per heavy atom. The van der Waals surface area contributed by atoms with Gasteiger partial charge in [-0.05, 0) is 12.1 Å². The molecule has 1 aliphatic rings. The van der Waals surface area contributed by atoms with Gasteiger partial charge in [0, 0.05) is 11.5 Å². The molecule has 6 nitrogen and oxygen atoms in total. The zero-order chi connectivity index (χ0) is 15.7. The van der Waals surface area contributed by atoms with Crippen LogP contribution in [0.3, 0.4) is 0 Å². The molecule has 0 saturated carbocycles. The lowest BCUT2D eigenvalue weighted by Gasteiger charge is -2.25. The first kappa shape index (κ1) is 14.4. The number of methoxy groups -OCH3 is 1. The van der Waals surface area contributed by atoms with Crippen molar-refractivity contribution in [3.63, 3.8) is 0 Å². The van der Waals surface area contributed by atoms with Gasteiger partial charge < -0.3 is 15.2 Å². The minimum absolute atomic E-state index is 0.138. The number of hydrogen-bond donors (Lipinski definition) is 1. The van der Waals surface area contributed by atoms with Gasteiger partial charge in [0.1, 0.15) is 17.3 Å². The van der Waals surface area contributed by atoms with E-state index in [1.165, 1.54) is 19.2 Å². The molecule has 1 fully saturated rings. The molecule has 3 rings (SSSR count). The summed E-state index contributed by atoms with van der Waals surface area (Å²) in [5, 5.41) is 0. The maximum absolute atomic E-state index is 14.0. The summed E-state index contributed by atoms with van der Waals surface area (Å²) in [7, 11) is 1.20. The number of hydrogen-bond acceptors (Lipinski definition) is 6. The van der Waals surface area contributed by atoms with Gasteiger partial charge in [-0.3, -0.25) is 0 Å². The highest BCUT2D eigenvalue weighted by molar-refractivity contribution is 5.90. The average Bonchev–Trinajstić information content (AvgIpc) is 2.46. The molecule has 114 valence electrons. The van der Waals surface area contributed by atoms with E-state index in [9.17, 15) is 9.18 Å². The molecule has 0 amide bonds. The highest BCUT2D eigenvalue weighted by Gasteiger charge is 2.24. The Balaban J connectivity index is 2.00. The van der Waals surface area contributed by atoms with E-state index < -0.39 is 11.8 Å². The molecule has 0 spiro atoms. The summed E-state index contributed by atoms with van der Waals surface area (Å²) < 4.78 is 23.7. The molecule has 1 saturated heterocycles. The molecule has 2 aromatic rings. The van der Waals surface area contributed by atoms with Crippen LogP contribution in [-0.2, 0) is 9.47 Å². The number of ether oxygens (including phenoxy) is 2. The number of rotatable bonds is 3. The van der Waals surface area contributed by atoms with Gasteiger partial charge in [-0.15, -0.1) is 0 Å². The molecular weight excluding hydrogens is 289 g/mol. The molecule has 0 unspecified atom stereocenters. The van der Waals surface area contributed by atoms with Crippen molar-refractivity contribution in [3.05, 3.63) is 41.5 Å². The maximum atomic E-state index is 14.0. The van der Waals surface area contributed by atoms with E-state index in [4.69, 9.17) is 10.5 Å². The number of nitrogens with zero attached hydrogens (tertiary/aromatic N) is 2. The van der Waals surface area contributed by atoms with E-state index in [2.05, 4.69) is 14.7 Å². The number of esters is 1. The number of carbonyl (C=O) groups is 1. The Bertz CT molecular complexity index is 732. The van der Waals surface area contributed by atoms with E-state index in [1.807, 2.05) is 0 Å². The standard InChI is InChI=1S/C15H14FN3O3/c1-21-15(20)10-3-2-8(4-11(10)16)13-14(17)18-5-12(19-13)9-6-22-7-9/h2-5,9H,6-7H2,1H3,(H2,17,18). The molecule has 7 heteroatoms. The van der Waals surface area contributed by atoms with Gasteiger partial charge in [-0.25, -0.2) is 19.2 Å². The van der Waals surface area contributed by atoms with Crippen LogP contribution < -0.4 is 5.73 Å². The van der Waals surface area contributed by atoms with E-state index >= 15 is 0 Å². The highest BCUT2D eigenvalue weighted by Crippen LogP contribution is 2.28. The quantitative estimate of drug-likeness (QED) is 0.869. The largest absolute Gasteiger partial charge is 0.465 e. The fourth-order valence-electron chi connectivity index (χ4n) is 2.17. The van der Waals surface area contributed by atoms with Crippen molar-refractivity contribution in [2.75, 3.05) is 26.1 Å². The molecule has 1 aromatic heterocycles. The van der Waals surface area contributed by atoms with Gasteiger partial charge in [-0.1, -0.05) is 6.07 Å². The van der Waals surface area contributed by atoms with Gasteiger partial charge in [0.25, 0.3) is 0 Å². The molecule has 0 atom stereocenters. The van der Waals surface area contributed by atoms with Crippen LogP contribution >= 0.6 is 0 Å². The molecular formula is C15H14FN3O3. The SMILES string of the molecule is COC(=O)c1ccc(-c2nc(C3COC3)cnc2N)cc1F. The van der Waals surface area contributed by atoms with E-state index in [1.54, 1.807) is 12.3 Å². The molecule has 0 radical (unpaired) electrons. The predicted molar refractivity (Wildman–Crippen MR) is 76.7 cm³/mol. The Hall–Kier alpha value is -2.54. The second-order valence-corrected chi connectivity index (χ2v) is 4.95. The molecule has 0 aliphatic carbocycles. The van der Waals surface area contributed by atoms with E-state index in [0.29, 0.717) is 24.5 Å². The predicted octanol–water partition coefficient (Wildman–Crippen LogP) is 1.77. The van der Waals surface area contributed by atoms with Crippen molar-refractivity contribution >= 4 is 11.8 Å². The second kappa shape index (κ2) is 5.69.